The van der Waals surface area contributed by atoms with Crippen molar-refractivity contribution < 1.29 is 37.8 Å². The van der Waals surface area contributed by atoms with Gasteiger partial charge in [-0.05, 0) is 145 Å². The quantitative estimate of drug-likeness (QED) is 0.116. The molecule has 404 valence electrons. The second kappa shape index (κ2) is 22.0. The minimum Gasteiger partial charge on any atom is -0.507 e. The fourth-order valence-corrected chi connectivity index (χ4v) is 12.2. The number of nitrogens with zero attached hydrogens (tertiary/aromatic N) is 3. The van der Waals surface area contributed by atoms with Gasteiger partial charge in [-0.25, -0.2) is 0 Å². The zero-order chi connectivity index (χ0) is 55.2. The molecule has 0 saturated carbocycles. The number of phenols is 1. The molecule has 80 heavy (non-hydrogen) atoms. The Kier molecular flexibility index (Phi) is 14.4. The zero-order valence-corrected chi connectivity index (χ0v) is 46.1. The average Bonchev–Trinajstić information content (AvgIpc) is 4.23. The number of ether oxygens (including phenoxy) is 2. The van der Waals surface area contributed by atoms with Gasteiger partial charge in [0.15, 0.2) is 11.5 Å². The van der Waals surface area contributed by atoms with Crippen LogP contribution >= 0.6 is 23.2 Å². The molecule has 2 N–H and O–H groups in total. The molecule has 0 atom stereocenters. The summed E-state index contributed by atoms with van der Waals surface area (Å²) in [6, 6.07) is 46.5. The van der Waals surface area contributed by atoms with Crippen LogP contribution in [0.1, 0.15) is 96.8 Å². The number of rotatable bonds is 13. The Balaban J connectivity index is 0.739. The van der Waals surface area contributed by atoms with E-state index in [1.54, 1.807) is 44.6 Å². The summed E-state index contributed by atoms with van der Waals surface area (Å²) in [6.45, 7) is 4.96. The van der Waals surface area contributed by atoms with Crippen LogP contribution < -0.4 is 14.8 Å². The largest absolute Gasteiger partial charge is 0.507 e. The van der Waals surface area contributed by atoms with Gasteiger partial charge < -0.3 is 43.1 Å². The number of phenolic OH excluding ortho intramolecular Hbond substituents is 1. The molecule has 0 aliphatic carbocycles. The second-order valence-corrected chi connectivity index (χ2v) is 21.8. The number of nitrogens with one attached hydrogen (secondary N) is 1. The molecule has 0 radical (unpaired) electrons. The summed E-state index contributed by atoms with van der Waals surface area (Å²) >= 11 is 13.2. The van der Waals surface area contributed by atoms with Crippen LogP contribution in [0.2, 0.25) is 10.0 Å². The fraction of sp³-hybridized carbons (Fsp3) is 0.227. The van der Waals surface area contributed by atoms with Gasteiger partial charge in [0.2, 0.25) is 0 Å². The molecule has 3 amide bonds. The molecule has 10 aromatic rings. The minimum absolute atomic E-state index is 0.0187. The first kappa shape index (κ1) is 52.3. The lowest BCUT2D eigenvalue weighted by atomic mass is 9.86. The monoisotopic (exact) mass is 1100 g/mol. The molecule has 0 bridgehead atoms. The van der Waals surface area contributed by atoms with Crippen LogP contribution in [0.4, 0.5) is 0 Å². The first-order valence-corrected chi connectivity index (χ1v) is 27.7. The van der Waals surface area contributed by atoms with Gasteiger partial charge in [-0.3, -0.25) is 14.4 Å². The van der Waals surface area contributed by atoms with Crippen molar-refractivity contribution in [3.05, 3.63) is 207 Å². The first-order chi connectivity index (χ1) is 38.9. The molecule has 12 nitrogen and oxygen atoms in total. The highest BCUT2D eigenvalue weighted by Crippen LogP contribution is 2.43. The number of carbonyl (C=O) groups is 3. The number of fused-ring (bicyclic) bond motifs is 3. The van der Waals surface area contributed by atoms with Gasteiger partial charge in [-0.1, -0.05) is 95.5 Å². The molecule has 2 saturated heterocycles. The average molecular weight is 1110 g/mol. The molecular weight excluding hydrogens is 1050 g/mol. The normalized spacial score (nSPS) is 14.3. The van der Waals surface area contributed by atoms with E-state index >= 15 is 0 Å². The van der Waals surface area contributed by atoms with E-state index in [-0.39, 0.29) is 41.7 Å². The highest BCUT2D eigenvalue weighted by molar-refractivity contribution is 6.35. The summed E-state index contributed by atoms with van der Waals surface area (Å²) in [5.41, 5.74) is 10.8. The van der Waals surface area contributed by atoms with Crippen molar-refractivity contribution in [2.24, 2.45) is 0 Å². The molecule has 0 unspecified atom stereocenters. The third-order valence-corrected chi connectivity index (χ3v) is 16.6. The van der Waals surface area contributed by atoms with Crippen LogP contribution in [-0.2, 0) is 13.1 Å². The molecule has 2 aliphatic heterocycles. The maximum absolute atomic E-state index is 14.3. The lowest BCUT2D eigenvalue weighted by molar-refractivity contribution is 0.0676. The van der Waals surface area contributed by atoms with Crippen LogP contribution in [0, 0.1) is 6.92 Å². The van der Waals surface area contributed by atoms with Crippen molar-refractivity contribution in [2.45, 2.75) is 57.5 Å². The predicted molar refractivity (Wildman–Crippen MR) is 314 cm³/mol. The highest BCUT2D eigenvalue weighted by Gasteiger charge is 2.30. The molecule has 12 rings (SSSR count). The minimum atomic E-state index is -0.300. The molecule has 0 spiro atoms. The van der Waals surface area contributed by atoms with Crippen LogP contribution in [-0.4, -0.2) is 77.6 Å². The van der Waals surface area contributed by atoms with E-state index in [1.165, 1.54) is 11.1 Å². The predicted octanol–water partition coefficient (Wildman–Crippen LogP) is 14.8. The lowest BCUT2D eigenvalue weighted by Gasteiger charge is -2.32. The summed E-state index contributed by atoms with van der Waals surface area (Å²) in [4.78, 5) is 45.5. The Morgan fingerprint density at radius 3 is 2.11 bits per heavy atom. The fourth-order valence-electron chi connectivity index (χ4n) is 11.8. The Hall–Kier alpha value is -8.45. The van der Waals surface area contributed by atoms with Crippen molar-refractivity contribution in [1.29, 1.82) is 0 Å². The maximum Gasteiger partial charge on any atom is 0.289 e. The number of aryl methyl sites for hydroxylation is 1. The van der Waals surface area contributed by atoms with Crippen LogP contribution in [0.5, 0.6) is 17.2 Å². The van der Waals surface area contributed by atoms with Crippen molar-refractivity contribution in [2.75, 3.05) is 40.4 Å². The van der Waals surface area contributed by atoms with E-state index in [2.05, 4.69) is 53.2 Å². The molecule has 5 heterocycles. The van der Waals surface area contributed by atoms with Crippen LogP contribution in [0.3, 0.4) is 0 Å². The third-order valence-electron chi connectivity index (χ3n) is 16.1. The molecular formula is C66H58Cl2N4O8. The summed E-state index contributed by atoms with van der Waals surface area (Å²) in [6.07, 6.45) is 5.08. The second-order valence-electron chi connectivity index (χ2n) is 21.0. The first-order valence-electron chi connectivity index (χ1n) is 27.0. The number of benzene rings is 7. The number of hydrogen-bond acceptors (Lipinski definition) is 8. The molecule has 2 fully saturated rings. The summed E-state index contributed by atoms with van der Waals surface area (Å²) in [5, 5.41) is 17.9. The maximum atomic E-state index is 14.3. The van der Waals surface area contributed by atoms with Gasteiger partial charge in [0.25, 0.3) is 17.7 Å². The van der Waals surface area contributed by atoms with Gasteiger partial charge in [-0.15, -0.1) is 0 Å². The number of piperidine rings is 2. The summed E-state index contributed by atoms with van der Waals surface area (Å²) in [7, 11) is 3.21. The lowest BCUT2D eigenvalue weighted by Crippen LogP contribution is -2.37. The number of halogens is 2. The van der Waals surface area contributed by atoms with Crippen molar-refractivity contribution in [3.8, 4) is 39.5 Å². The topological polar surface area (TPSA) is 140 Å². The summed E-state index contributed by atoms with van der Waals surface area (Å²) < 4.78 is 25.9. The van der Waals surface area contributed by atoms with Crippen molar-refractivity contribution in [3.63, 3.8) is 0 Å². The van der Waals surface area contributed by atoms with Crippen molar-refractivity contribution in [1.82, 2.24) is 19.7 Å². The highest BCUT2D eigenvalue weighted by atomic mass is 35.5. The van der Waals surface area contributed by atoms with E-state index in [1.807, 2.05) is 94.9 Å². The van der Waals surface area contributed by atoms with Gasteiger partial charge in [0.1, 0.15) is 28.4 Å². The van der Waals surface area contributed by atoms with Crippen LogP contribution in [0.25, 0.3) is 55.1 Å². The number of furan rings is 2. The molecule has 7 aromatic carbocycles. The van der Waals surface area contributed by atoms with E-state index in [0.717, 1.165) is 73.6 Å². The third kappa shape index (κ3) is 10.3. The molecule has 14 heteroatoms. The zero-order valence-electron chi connectivity index (χ0n) is 44.6. The van der Waals surface area contributed by atoms with E-state index < -0.39 is 0 Å². The molecule has 2 aliphatic rings. The van der Waals surface area contributed by atoms with Gasteiger partial charge in [-0.2, -0.15) is 0 Å². The number of likely N-dealkylation sites (tertiary alicyclic amines) is 2. The Morgan fingerprint density at radius 1 is 0.662 bits per heavy atom. The van der Waals surface area contributed by atoms with Gasteiger partial charge in [0.05, 0.1) is 19.8 Å². The number of methoxy groups -OCH3 is 2. The van der Waals surface area contributed by atoms with Gasteiger partial charge >= 0.3 is 0 Å². The van der Waals surface area contributed by atoms with Gasteiger partial charge in [0, 0.05) is 99.9 Å². The number of carbonyl (C=O) groups excluding carboxylic acids is 3. The van der Waals surface area contributed by atoms with E-state index in [0.29, 0.717) is 95.3 Å². The van der Waals surface area contributed by atoms with Crippen molar-refractivity contribution >= 4 is 73.8 Å². The SMILES string of the molecule is COc1cc(O)c(CNC(=O)c2cn(Cc3cccc(-c4c(Cl)ccc5oc(C(=O)N6CCC(c7ccc(C)cc7)CC6)cc45)c3)c3ccccc23)cc1-c1ccc(OC)c(C2CCN(C(=O)c3cc4cc(Cl)ccc4o3)CC2)c1. The number of hydrogen-bond donors (Lipinski definition) is 2. The Bertz CT molecular complexity index is 4010. The number of para-hydroxylation sites is 1. The van der Waals surface area contributed by atoms with E-state index in [4.69, 9.17) is 41.5 Å². The Labute approximate surface area is 473 Å². The Morgan fingerprint density at radius 2 is 1.36 bits per heavy atom. The standard InChI is InChI=1S/C66H58Cl2N4O8/c1-39-11-13-41(14-12-39)42-21-25-70(26-22-42)66(76)62-34-52-59(80-62)20-17-54(68)63(52)45-8-6-7-40(29-45)37-72-38-53(49-9-4-5-10-55(49)72)64(74)69-36-47-32-51(60(78-3)35-56(47)73)44-15-18-58(77-2)50(31-44)43-23-27-71(28-24-43)65(75)61-33-46-30-48(67)16-19-57(46)79-61/h4-20,29-35,38,42-43,73H,21-28,36-37H2,1-3H3,(H,69,74). The van der Waals surface area contributed by atoms with E-state index in [9.17, 15) is 19.5 Å². The smallest absolute Gasteiger partial charge is 0.289 e. The summed E-state index contributed by atoms with van der Waals surface area (Å²) in [5.74, 6) is 1.71. The number of amides is 3. The number of aromatic nitrogens is 1. The molecule has 3 aromatic heterocycles. The number of aromatic hydroxyl groups is 1. The van der Waals surface area contributed by atoms with Crippen LogP contribution in [0.15, 0.2) is 161 Å².